The van der Waals surface area contributed by atoms with E-state index in [9.17, 15) is 9.90 Å². The normalized spacial score (nSPS) is 11.7. The summed E-state index contributed by atoms with van der Waals surface area (Å²) in [4.78, 5) is 12.3. The maximum atomic E-state index is 12.3. The van der Waals surface area contributed by atoms with E-state index in [2.05, 4.69) is 0 Å². The first-order chi connectivity index (χ1) is 11.7. The van der Waals surface area contributed by atoms with Crippen LogP contribution in [-0.4, -0.2) is 11.1 Å². The van der Waals surface area contributed by atoms with Crippen molar-refractivity contribution in [2.75, 3.05) is 0 Å². The molecular formula is C20H15NO3. The number of benzene rings is 3. The zero-order valence-electron chi connectivity index (χ0n) is 12.8. The van der Waals surface area contributed by atoms with Gasteiger partial charge in [-0.2, -0.15) is 5.26 Å². The van der Waals surface area contributed by atoms with Gasteiger partial charge in [-0.1, -0.05) is 60.7 Å². The molecule has 118 valence electrons. The summed E-state index contributed by atoms with van der Waals surface area (Å²) < 4.78 is 5.37. The first kappa shape index (κ1) is 15.7. The molecule has 3 rings (SSSR count). The van der Waals surface area contributed by atoms with Crippen LogP contribution in [0.3, 0.4) is 0 Å². The first-order valence-electron chi connectivity index (χ1n) is 7.53. The minimum atomic E-state index is -1.33. The predicted molar refractivity (Wildman–Crippen MR) is 90.3 cm³/mol. The average molecular weight is 317 g/mol. The topological polar surface area (TPSA) is 70.3 Å². The number of nitrogens with zero attached hydrogens (tertiary/aromatic N) is 1. The molecule has 0 amide bonds. The highest BCUT2D eigenvalue weighted by molar-refractivity contribution is 5.89. The molecule has 0 heterocycles. The number of carbonyl (C=O) groups is 1. The molecule has 0 aliphatic heterocycles. The largest absolute Gasteiger partial charge is 0.426 e. The van der Waals surface area contributed by atoms with E-state index >= 15 is 0 Å². The minimum Gasteiger partial charge on any atom is -0.426 e. The lowest BCUT2D eigenvalue weighted by molar-refractivity contribution is -0.133. The lowest BCUT2D eigenvalue weighted by Gasteiger charge is -2.11. The predicted octanol–water partition coefficient (Wildman–Crippen LogP) is 3.54. The number of aliphatic hydroxyl groups excluding tert-OH is 1. The monoisotopic (exact) mass is 317 g/mol. The van der Waals surface area contributed by atoms with Gasteiger partial charge in [0.2, 0.25) is 0 Å². The molecule has 0 saturated heterocycles. The van der Waals surface area contributed by atoms with Gasteiger partial charge >= 0.3 is 5.97 Å². The van der Waals surface area contributed by atoms with Crippen molar-refractivity contribution < 1.29 is 14.6 Å². The average Bonchev–Trinajstić information content (AvgIpc) is 2.62. The summed E-state index contributed by atoms with van der Waals surface area (Å²) in [6.45, 7) is 0. The van der Waals surface area contributed by atoms with Crippen LogP contribution in [0.4, 0.5) is 0 Å². The van der Waals surface area contributed by atoms with Gasteiger partial charge in [-0.05, 0) is 22.4 Å². The highest BCUT2D eigenvalue weighted by Crippen LogP contribution is 2.25. The molecule has 0 aliphatic carbocycles. The smallest absolute Gasteiger partial charge is 0.315 e. The van der Waals surface area contributed by atoms with Crippen molar-refractivity contribution in [3.05, 3.63) is 77.9 Å². The van der Waals surface area contributed by atoms with Crippen LogP contribution >= 0.6 is 0 Å². The second-order valence-electron chi connectivity index (χ2n) is 5.36. The minimum absolute atomic E-state index is 0.109. The van der Waals surface area contributed by atoms with Crippen LogP contribution in [0.5, 0.6) is 5.75 Å². The van der Waals surface area contributed by atoms with Crippen molar-refractivity contribution in [1.82, 2.24) is 0 Å². The van der Waals surface area contributed by atoms with Crippen LogP contribution in [0.15, 0.2) is 66.7 Å². The van der Waals surface area contributed by atoms with E-state index in [0.29, 0.717) is 0 Å². The van der Waals surface area contributed by atoms with E-state index < -0.39 is 12.1 Å². The number of rotatable bonds is 4. The van der Waals surface area contributed by atoms with Gasteiger partial charge in [0.05, 0.1) is 12.5 Å². The molecule has 0 aromatic heterocycles. The number of para-hydroxylation sites is 1. The number of ether oxygens (including phenoxy) is 1. The van der Waals surface area contributed by atoms with Crippen LogP contribution < -0.4 is 4.74 Å². The Labute approximate surface area is 139 Å². The molecule has 0 aliphatic rings. The first-order valence-corrected chi connectivity index (χ1v) is 7.53. The van der Waals surface area contributed by atoms with E-state index in [-0.39, 0.29) is 17.7 Å². The van der Waals surface area contributed by atoms with Gasteiger partial charge in [0, 0.05) is 5.56 Å². The van der Waals surface area contributed by atoms with E-state index in [4.69, 9.17) is 10.00 Å². The number of fused-ring (bicyclic) bond motifs is 1. The maximum Gasteiger partial charge on any atom is 0.315 e. The van der Waals surface area contributed by atoms with Crippen molar-refractivity contribution in [2.45, 2.75) is 12.5 Å². The molecule has 0 bridgehead atoms. The molecule has 0 saturated carbocycles. The highest BCUT2D eigenvalue weighted by Gasteiger charge is 2.15. The fraction of sp³-hybridized carbons (Fsp3) is 0.100. The number of carbonyl (C=O) groups excluding carboxylic acids is 1. The molecule has 0 radical (unpaired) electrons. The fourth-order valence-electron chi connectivity index (χ4n) is 2.63. The lowest BCUT2D eigenvalue weighted by atomic mass is 10.0. The third kappa shape index (κ3) is 3.27. The molecule has 3 aromatic rings. The van der Waals surface area contributed by atoms with Gasteiger partial charge in [0.1, 0.15) is 5.75 Å². The van der Waals surface area contributed by atoms with E-state index in [1.807, 2.05) is 42.5 Å². The van der Waals surface area contributed by atoms with E-state index in [0.717, 1.165) is 16.3 Å². The fourth-order valence-corrected chi connectivity index (χ4v) is 2.63. The standard InChI is InChI=1S/C20H15NO3/c21-13-18(22)17-10-3-4-11-19(17)24-20(23)12-15-8-5-7-14-6-1-2-9-16(14)15/h1-11,18,22H,12H2. The Balaban J connectivity index is 1.83. The van der Waals surface area contributed by atoms with Crippen LogP contribution in [0.25, 0.3) is 10.8 Å². The second kappa shape index (κ2) is 6.95. The summed E-state index contributed by atoms with van der Waals surface area (Å²) in [6, 6.07) is 21.8. The van der Waals surface area contributed by atoms with Crippen molar-refractivity contribution >= 4 is 16.7 Å². The Morgan fingerprint density at radius 2 is 1.75 bits per heavy atom. The molecule has 3 aromatic carbocycles. The molecule has 4 nitrogen and oxygen atoms in total. The molecule has 1 N–H and O–H groups in total. The van der Waals surface area contributed by atoms with E-state index in [1.165, 1.54) is 0 Å². The zero-order valence-corrected chi connectivity index (χ0v) is 12.8. The number of hydrogen-bond donors (Lipinski definition) is 1. The number of hydrogen-bond acceptors (Lipinski definition) is 4. The molecule has 1 atom stereocenters. The van der Waals surface area contributed by atoms with Crippen molar-refractivity contribution in [1.29, 1.82) is 5.26 Å². The lowest BCUT2D eigenvalue weighted by Crippen LogP contribution is -2.13. The van der Waals surface area contributed by atoms with E-state index in [1.54, 1.807) is 30.3 Å². The van der Waals surface area contributed by atoms with Crippen LogP contribution in [0.1, 0.15) is 17.2 Å². The third-order valence-electron chi connectivity index (χ3n) is 3.77. The zero-order chi connectivity index (χ0) is 16.9. The molecule has 0 spiro atoms. The summed E-state index contributed by atoms with van der Waals surface area (Å²) >= 11 is 0. The Bertz CT molecular complexity index is 922. The van der Waals surface area contributed by atoms with Gasteiger partial charge in [-0.15, -0.1) is 0 Å². The summed E-state index contributed by atoms with van der Waals surface area (Å²) in [7, 11) is 0. The third-order valence-corrected chi connectivity index (χ3v) is 3.77. The number of nitriles is 1. The summed E-state index contributed by atoms with van der Waals surface area (Å²) in [5, 5.41) is 20.6. The van der Waals surface area contributed by atoms with Crippen molar-refractivity contribution in [2.24, 2.45) is 0 Å². The molecule has 24 heavy (non-hydrogen) atoms. The summed E-state index contributed by atoms with van der Waals surface area (Å²) in [5.41, 5.74) is 1.16. The Morgan fingerprint density at radius 1 is 1.04 bits per heavy atom. The second-order valence-corrected chi connectivity index (χ2v) is 5.36. The molecule has 4 heteroatoms. The maximum absolute atomic E-state index is 12.3. The highest BCUT2D eigenvalue weighted by atomic mass is 16.5. The number of aliphatic hydroxyl groups is 1. The SMILES string of the molecule is N#CC(O)c1ccccc1OC(=O)Cc1cccc2ccccc12. The van der Waals surface area contributed by atoms with Gasteiger partial charge < -0.3 is 9.84 Å². The van der Waals surface area contributed by atoms with Gasteiger partial charge in [0.15, 0.2) is 6.10 Å². The summed E-state index contributed by atoms with van der Waals surface area (Å²) in [6.07, 6.45) is -1.22. The van der Waals surface area contributed by atoms with Crippen LogP contribution in [0.2, 0.25) is 0 Å². The quantitative estimate of drug-likeness (QED) is 0.454. The van der Waals surface area contributed by atoms with Crippen LogP contribution in [-0.2, 0) is 11.2 Å². The van der Waals surface area contributed by atoms with Crippen molar-refractivity contribution in [3.63, 3.8) is 0 Å². The number of esters is 1. The Hall–Kier alpha value is -3.16. The van der Waals surface area contributed by atoms with Gasteiger partial charge in [0.25, 0.3) is 0 Å². The van der Waals surface area contributed by atoms with Crippen LogP contribution in [0, 0.1) is 11.3 Å². The van der Waals surface area contributed by atoms with Gasteiger partial charge in [-0.3, -0.25) is 4.79 Å². The molecular weight excluding hydrogens is 302 g/mol. The van der Waals surface area contributed by atoms with Crippen molar-refractivity contribution in [3.8, 4) is 11.8 Å². The Kier molecular flexibility index (Phi) is 4.55. The molecule has 1 unspecified atom stereocenters. The summed E-state index contributed by atoms with van der Waals surface area (Å²) in [5.74, 6) is -0.235. The van der Waals surface area contributed by atoms with Gasteiger partial charge in [-0.25, -0.2) is 0 Å². The molecule has 0 fully saturated rings. The Morgan fingerprint density at radius 3 is 2.58 bits per heavy atom.